The van der Waals surface area contributed by atoms with Gasteiger partial charge in [-0.15, -0.1) is 0 Å². The van der Waals surface area contributed by atoms with E-state index >= 15 is 0 Å². The van der Waals surface area contributed by atoms with Crippen LogP contribution in [0.1, 0.15) is 10.4 Å². The molecule has 0 aliphatic carbocycles. The molecule has 0 bridgehead atoms. The molecule has 0 heterocycles. The number of nitrogens with one attached hydrogen (secondary N) is 1. The third-order valence-corrected chi connectivity index (χ3v) is 3.29. The van der Waals surface area contributed by atoms with E-state index in [0.29, 0.717) is 27.0 Å². The molecule has 0 spiro atoms. The Morgan fingerprint density at radius 2 is 1.85 bits per heavy atom. The van der Waals surface area contributed by atoms with Gasteiger partial charge in [0.05, 0.1) is 22.8 Å². The third kappa shape index (κ3) is 3.15. The molecule has 4 nitrogen and oxygen atoms in total. The Kier molecular flexibility index (Phi) is 4.37. The standard InChI is InChI=1S/C14H12Cl2N2O2/c1-20-10-4-2-3-8(5-10)14(19)18-9-6-11(15)13(17)12(16)7-9/h2-7H,17H2,1H3,(H,18,19). The molecule has 0 unspecified atom stereocenters. The van der Waals surface area contributed by atoms with Crippen molar-refractivity contribution >= 4 is 40.5 Å². The van der Waals surface area contributed by atoms with Crippen LogP contribution >= 0.6 is 23.2 Å². The number of ether oxygens (including phenoxy) is 1. The van der Waals surface area contributed by atoms with Gasteiger partial charge in [0.2, 0.25) is 0 Å². The van der Waals surface area contributed by atoms with Gasteiger partial charge in [-0.3, -0.25) is 4.79 Å². The number of carbonyl (C=O) groups is 1. The van der Waals surface area contributed by atoms with Gasteiger partial charge in [0.1, 0.15) is 5.75 Å². The largest absolute Gasteiger partial charge is 0.497 e. The molecule has 6 heteroatoms. The van der Waals surface area contributed by atoms with Crippen LogP contribution in [0.5, 0.6) is 5.75 Å². The van der Waals surface area contributed by atoms with Crippen molar-refractivity contribution in [1.29, 1.82) is 0 Å². The van der Waals surface area contributed by atoms with Crippen LogP contribution in [0.4, 0.5) is 11.4 Å². The van der Waals surface area contributed by atoms with Gasteiger partial charge >= 0.3 is 0 Å². The van der Waals surface area contributed by atoms with Gasteiger partial charge in [-0.1, -0.05) is 29.3 Å². The van der Waals surface area contributed by atoms with Crippen molar-refractivity contribution in [2.24, 2.45) is 0 Å². The summed E-state index contributed by atoms with van der Waals surface area (Å²) in [6, 6.07) is 9.89. The maximum Gasteiger partial charge on any atom is 0.255 e. The topological polar surface area (TPSA) is 64.3 Å². The van der Waals surface area contributed by atoms with E-state index in [4.69, 9.17) is 33.7 Å². The van der Waals surface area contributed by atoms with Crippen molar-refractivity contribution in [1.82, 2.24) is 0 Å². The molecule has 2 rings (SSSR count). The highest BCUT2D eigenvalue weighted by atomic mass is 35.5. The minimum Gasteiger partial charge on any atom is -0.497 e. The van der Waals surface area contributed by atoms with Gasteiger partial charge in [-0.25, -0.2) is 0 Å². The Bertz CT molecular complexity index is 636. The molecule has 20 heavy (non-hydrogen) atoms. The van der Waals surface area contributed by atoms with Crippen LogP contribution in [0, 0.1) is 0 Å². The summed E-state index contributed by atoms with van der Waals surface area (Å²) in [7, 11) is 1.54. The number of halogens is 2. The van der Waals surface area contributed by atoms with Gasteiger partial charge in [0.25, 0.3) is 5.91 Å². The van der Waals surface area contributed by atoms with E-state index in [2.05, 4.69) is 5.32 Å². The number of hydrogen-bond acceptors (Lipinski definition) is 3. The average molecular weight is 311 g/mol. The maximum atomic E-state index is 12.1. The summed E-state index contributed by atoms with van der Waals surface area (Å²) < 4.78 is 5.07. The zero-order valence-corrected chi connectivity index (χ0v) is 12.1. The first-order chi connectivity index (χ1) is 9.51. The quantitative estimate of drug-likeness (QED) is 0.847. The number of nitrogen functional groups attached to an aromatic ring is 1. The minimum absolute atomic E-state index is 0.285. The van der Waals surface area contributed by atoms with Crippen LogP contribution in [0.3, 0.4) is 0 Å². The fraction of sp³-hybridized carbons (Fsp3) is 0.0714. The highest BCUT2D eigenvalue weighted by molar-refractivity contribution is 6.39. The van der Waals surface area contributed by atoms with E-state index in [1.807, 2.05) is 0 Å². The third-order valence-electron chi connectivity index (χ3n) is 2.67. The lowest BCUT2D eigenvalue weighted by Crippen LogP contribution is -2.12. The molecular weight excluding hydrogens is 299 g/mol. The van der Waals surface area contributed by atoms with E-state index in [0.717, 1.165) is 0 Å². The van der Waals surface area contributed by atoms with E-state index in [9.17, 15) is 4.79 Å². The molecule has 0 saturated carbocycles. The van der Waals surface area contributed by atoms with Gasteiger partial charge in [-0.05, 0) is 30.3 Å². The second kappa shape index (κ2) is 6.03. The lowest BCUT2D eigenvalue weighted by atomic mass is 10.2. The van der Waals surface area contributed by atoms with E-state index in [-0.39, 0.29) is 11.6 Å². The molecule has 0 atom stereocenters. The van der Waals surface area contributed by atoms with Crippen LogP contribution in [0.25, 0.3) is 0 Å². The van der Waals surface area contributed by atoms with Crippen LogP contribution < -0.4 is 15.8 Å². The molecule has 0 aliphatic rings. The molecule has 104 valence electrons. The SMILES string of the molecule is COc1cccc(C(=O)Nc2cc(Cl)c(N)c(Cl)c2)c1. The number of carbonyl (C=O) groups excluding carboxylic acids is 1. The first-order valence-electron chi connectivity index (χ1n) is 5.71. The Morgan fingerprint density at radius 3 is 2.45 bits per heavy atom. The first kappa shape index (κ1) is 14.5. The van der Waals surface area contributed by atoms with Crippen LogP contribution in [0.15, 0.2) is 36.4 Å². The molecule has 0 fully saturated rings. The average Bonchev–Trinajstić information content (AvgIpc) is 2.44. The fourth-order valence-electron chi connectivity index (χ4n) is 1.62. The number of amides is 1. The molecule has 0 aliphatic heterocycles. The van der Waals surface area contributed by atoms with Crippen LogP contribution in [-0.4, -0.2) is 13.0 Å². The molecular formula is C14H12Cl2N2O2. The van der Waals surface area contributed by atoms with Crippen molar-refractivity contribution in [2.45, 2.75) is 0 Å². The summed E-state index contributed by atoms with van der Waals surface area (Å²) in [4.78, 5) is 12.1. The maximum absolute atomic E-state index is 12.1. The van der Waals surface area contributed by atoms with Gasteiger partial charge in [-0.2, -0.15) is 0 Å². The Labute approximate surface area is 126 Å². The minimum atomic E-state index is -0.291. The van der Waals surface area contributed by atoms with Gasteiger partial charge in [0, 0.05) is 11.3 Å². The first-order valence-corrected chi connectivity index (χ1v) is 6.47. The lowest BCUT2D eigenvalue weighted by Gasteiger charge is -2.09. The Hall–Kier alpha value is -1.91. The van der Waals surface area contributed by atoms with Crippen LogP contribution in [-0.2, 0) is 0 Å². The van der Waals surface area contributed by atoms with Crippen molar-refractivity contribution in [3.8, 4) is 5.75 Å². The number of benzene rings is 2. The van der Waals surface area contributed by atoms with Gasteiger partial charge < -0.3 is 15.8 Å². The zero-order valence-electron chi connectivity index (χ0n) is 10.6. The summed E-state index contributed by atoms with van der Waals surface area (Å²) in [5, 5.41) is 3.28. The smallest absolute Gasteiger partial charge is 0.255 e. The van der Waals surface area contributed by atoms with E-state index in [1.54, 1.807) is 36.4 Å². The van der Waals surface area contributed by atoms with Crippen molar-refractivity contribution in [3.05, 3.63) is 52.0 Å². The summed E-state index contributed by atoms with van der Waals surface area (Å²) in [6.45, 7) is 0. The second-order valence-electron chi connectivity index (χ2n) is 4.04. The fourth-order valence-corrected chi connectivity index (χ4v) is 2.11. The van der Waals surface area contributed by atoms with Crippen LogP contribution in [0.2, 0.25) is 10.0 Å². The van der Waals surface area contributed by atoms with E-state index in [1.165, 1.54) is 7.11 Å². The molecule has 0 radical (unpaired) electrons. The number of nitrogens with two attached hydrogens (primary N) is 1. The monoisotopic (exact) mass is 310 g/mol. The molecule has 1 amide bonds. The highest BCUT2D eigenvalue weighted by Gasteiger charge is 2.10. The molecule has 2 aromatic rings. The molecule has 2 aromatic carbocycles. The predicted molar refractivity (Wildman–Crippen MR) is 81.8 cm³/mol. The Balaban J connectivity index is 2.23. The van der Waals surface area contributed by atoms with Gasteiger partial charge in [0.15, 0.2) is 0 Å². The Morgan fingerprint density at radius 1 is 1.20 bits per heavy atom. The molecule has 0 aromatic heterocycles. The summed E-state index contributed by atoms with van der Waals surface area (Å²) in [6.07, 6.45) is 0. The van der Waals surface area contributed by atoms with Crippen molar-refractivity contribution < 1.29 is 9.53 Å². The lowest BCUT2D eigenvalue weighted by molar-refractivity contribution is 0.102. The van der Waals surface area contributed by atoms with Crippen molar-refractivity contribution in [3.63, 3.8) is 0 Å². The normalized spacial score (nSPS) is 10.2. The number of rotatable bonds is 3. The summed E-state index contributed by atoms with van der Waals surface area (Å²) in [5.74, 6) is 0.312. The number of hydrogen-bond donors (Lipinski definition) is 2. The second-order valence-corrected chi connectivity index (χ2v) is 4.85. The van der Waals surface area contributed by atoms with Crippen molar-refractivity contribution in [2.75, 3.05) is 18.2 Å². The summed E-state index contributed by atoms with van der Waals surface area (Å²) >= 11 is 11.8. The molecule has 3 N–H and O–H groups in total. The zero-order chi connectivity index (χ0) is 14.7. The highest BCUT2D eigenvalue weighted by Crippen LogP contribution is 2.31. The van der Waals surface area contributed by atoms with E-state index < -0.39 is 0 Å². The predicted octanol–water partition coefficient (Wildman–Crippen LogP) is 3.84. The number of anilines is 2. The molecule has 0 saturated heterocycles. The summed E-state index contributed by atoms with van der Waals surface area (Å²) in [5.41, 5.74) is 6.86. The number of methoxy groups -OCH3 is 1.